The predicted octanol–water partition coefficient (Wildman–Crippen LogP) is 3.82. The van der Waals surface area contributed by atoms with Crippen LogP contribution in [0.4, 0.5) is 5.69 Å². The Hall–Kier alpha value is -3.04. The number of amides is 1. The largest absolute Gasteiger partial charge is 0.322 e. The van der Waals surface area contributed by atoms with Crippen molar-refractivity contribution >= 4 is 21.6 Å². The van der Waals surface area contributed by atoms with Crippen molar-refractivity contribution in [2.75, 3.05) is 18.4 Å². The van der Waals surface area contributed by atoms with Crippen molar-refractivity contribution in [1.82, 2.24) is 19.1 Å². The standard InChI is InChI=1S/C23H27N5O3S/c1-17(2)22-20(16-25-28(22)21-11-4-5-12-24-21)23(29)26-18-9-8-10-19(15-18)32(30,31)27-13-6-3-7-14-27/h4-5,8-12,15-17H,3,6-7,13-14H2,1-2H3,(H,26,29). The number of rotatable bonds is 6. The Labute approximate surface area is 188 Å². The van der Waals surface area contributed by atoms with E-state index in [1.807, 2.05) is 32.0 Å². The maximum Gasteiger partial charge on any atom is 0.259 e. The van der Waals surface area contributed by atoms with Crippen LogP contribution in [0.5, 0.6) is 0 Å². The van der Waals surface area contributed by atoms with E-state index < -0.39 is 10.0 Å². The molecule has 2 aromatic heterocycles. The lowest BCUT2D eigenvalue weighted by Crippen LogP contribution is -2.35. The normalized spacial score (nSPS) is 15.1. The smallest absolute Gasteiger partial charge is 0.259 e. The molecule has 0 bridgehead atoms. The zero-order chi connectivity index (χ0) is 22.7. The van der Waals surface area contributed by atoms with E-state index in [1.165, 1.54) is 16.6 Å². The van der Waals surface area contributed by atoms with Crippen molar-refractivity contribution in [2.24, 2.45) is 0 Å². The number of sulfonamides is 1. The molecule has 0 saturated carbocycles. The van der Waals surface area contributed by atoms with Gasteiger partial charge in [0.1, 0.15) is 0 Å². The van der Waals surface area contributed by atoms with Crippen LogP contribution >= 0.6 is 0 Å². The molecule has 0 aliphatic carbocycles. The fourth-order valence-corrected chi connectivity index (χ4v) is 5.50. The van der Waals surface area contributed by atoms with Gasteiger partial charge in [-0.1, -0.05) is 32.4 Å². The van der Waals surface area contributed by atoms with Crippen LogP contribution in [-0.2, 0) is 10.0 Å². The fraction of sp³-hybridized carbons (Fsp3) is 0.348. The first-order chi connectivity index (χ1) is 15.4. The Morgan fingerprint density at radius 2 is 1.84 bits per heavy atom. The highest BCUT2D eigenvalue weighted by Crippen LogP contribution is 2.25. The molecule has 8 nitrogen and oxygen atoms in total. The van der Waals surface area contributed by atoms with E-state index >= 15 is 0 Å². The maximum absolute atomic E-state index is 13.1. The lowest BCUT2D eigenvalue weighted by Gasteiger charge is -2.26. The first kappa shape index (κ1) is 22.2. The van der Waals surface area contributed by atoms with E-state index in [2.05, 4.69) is 15.4 Å². The van der Waals surface area contributed by atoms with Gasteiger partial charge in [-0.15, -0.1) is 0 Å². The van der Waals surface area contributed by atoms with Crippen LogP contribution in [0.15, 0.2) is 59.8 Å². The lowest BCUT2D eigenvalue weighted by molar-refractivity contribution is 0.102. The molecule has 1 aliphatic heterocycles. The quantitative estimate of drug-likeness (QED) is 0.612. The van der Waals surface area contributed by atoms with E-state index in [4.69, 9.17) is 0 Å². The Kier molecular flexibility index (Phi) is 6.38. The summed E-state index contributed by atoms with van der Waals surface area (Å²) in [6.45, 7) is 5.03. The number of pyridine rings is 1. The molecule has 1 aliphatic rings. The molecule has 32 heavy (non-hydrogen) atoms. The van der Waals surface area contributed by atoms with Gasteiger partial charge in [0.2, 0.25) is 10.0 Å². The summed E-state index contributed by atoms with van der Waals surface area (Å²) >= 11 is 0. The zero-order valence-electron chi connectivity index (χ0n) is 18.2. The summed E-state index contributed by atoms with van der Waals surface area (Å²) in [5, 5.41) is 7.22. The number of nitrogens with one attached hydrogen (secondary N) is 1. The van der Waals surface area contributed by atoms with Gasteiger partial charge in [-0.2, -0.15) is 9.40 Å². The summed E-state index contributed by atoms with van der Waals surface area (Å²) < 4.78 is 29.2. The Bertz CT molecular complexity index is 1200. The number of carbonyl (C=O) groups is 1. The molecule has 168 valence electrons. The third kappa shape index (κ3) is 4.44. The Balaban J connectivity index is 1.60. The highest BCUT2D eigenvalue weighted by molar-refractivity contribution is 7.89. The SMILES string of the molecule is CC(C)c1c(C(=O)Nc2cccc(S(=O)(=O)N3CCCCC3)c2)cnn1-c1ccccn1. The zero-order valence-corrected chi connectivity index (χ0v) is 19.0. The van der Waals surface area contributed by atoms with E-state index in [0.717, 1.165) is 25.0 Å². The molecule has 4 rings (SSSR count). The van der Waals surface area contributed by atoms with Gasteiger partial charge in [0.25, 0.3) is 5.91 Å². The van der Waals surface area contributed by atoms with Crippen LogP contribution in [0.3, 0.4) is 0 Å². The maximum atomic E-state index is 13.1. The van der Waals surface area contributed by atoms with Crippen molar-refractivity contribution in [2.45, 2.75) is 43.9 Å². The minimum Gasteiger partial charge on any atom is -0.322 e. The van der Waals surface area contributed by atoms with Crippen LogP contribution in [-0.4, -0.2) is 46.5 Å². The number of piperidine rings is 1. The highest BCUT2D eigenvalue weighted by atomic mass is 32.2. The van der Waals surface area contributed by atoms with Gasteiger partial charge in [-0.3, -0.25) is 4.79 Å². The van der Waals surface area contributed by atoms with Crippen molar-refractivity contribution in [3.63, 3.8) is 0 Å². The molecule has 0 atom stereocenters. The summed E-state index contributed by atoms with van der Waals surface area (Å²) in [7, 11) is -3.58. The fourth-order valence-electron chi connectivity index (χ4n) is 3.94. The number of hydrogen-bond donors (Lipinski definition) is 1. The van der Waals surface area contributed by atoms with E-state index in [0.29, 0.717) is 30.2 Å². The van der Waals surface area contributed by atoms with Crippen molar-refractivity contribution in [3.05, 3.63) is 66.1 Å². The predicted molar refractivity (Wildman–Crippen MR) is 122 cm³/mol. The van der Waals surface area contributed by atoms with Crippen LogP contribution in [0, 0.1) is 0 Å². The van der Waals surface area contributed by atoms with Crippen molar-refractivity contribution in [3.8, 4) is 5.82 Å². The van der Waals surface area contributed by atoms with Gasteiger partial charge in [-0.25, -0.2) is 18.1 Å². The second-order valence-electron chi connectivity index (χ2n) is 8.14. The second-order valence-corrected chi connectivity index (χ2v) is 10.1. The van der Waals surface area contributed by atoms with Crippen LogP contribution < -0.4 is 5.32 Å². The van der Waals surface area contributed by atoms with Crippen LogP contribution in [0.25, 0.3) is 5.82 Å². The Morgan fingerprint density at radius 3 is 2.53 bits per heavy atom. The number of anilines is 1. The number of nitrogens with zero attached hydrogens (tertiary/aromatic N) is 4. The molecular formula is C23H27N5O3S. The summed E-state index contributed by atoms with van der Waals surface area (Å²) in [4.78, 5) is 17.6. The minimum atomic E-state index is -3.58. The van der Waals surface area contributed by atoms with E-state index in [9.17, 15) is 13.2 Å². The number of benzene rings is 1. The number of carbonyl (C=O) groups excluding carboxylic acids is 1. The van der Waals surface area contributed by atoms with E-state index in [1.54, 1.807) is 29.1 Å². The molecule has 1 amide bonds. The third-order valence-electron chi connectivity index (χ3n) is 5.51. The monoisotopic (exact) mass is 453 g/mol. The Morgan fingerprint density at radius 1 is 1.06 bits per heavy atom. The van der Waals surface area contributed by atoms with E-state index in [-0.39, 0.29) is 16.7 Å². The van der Waals surface area contributed by atoms with Gasteiger partial charge >= 0.3 is 0 Å². The molecule has 0 unspecified atom stereocenters. The van der Waals surface area contributed by atoms with Crippen molar-refractivity contribution < 1.29 is 13.2 Å². The topological polar surface area (TPSA) is 97.2 Å². The van der Waals surface area contributed by atoms with Gasteiger partial charge in [0, 0.05) is 25.0 Å². The lowest BCUT2D eigenvalue weighted by atomic mass is 10.1. The molecule has 3 heterocycles. The number of aromatic nitrogens is 3. The van der Waals surface area contributed by atoms with Crippen molar-refractivity contribution in [1.29, 1.82) is 0 Å². The van der Waals surface area contributed by atoms with Crippen LogP contribution in [0.1, 0.15) is 55.1 Å². The molecule has 1 N–H and O–H groups in total. The van der Waals surface area contributed by atoms with Gasteiger partial charge in [0.05, 0.1) is 22.3 Å². The summed E-state index contributed by atoms with van der Waals surface area (Å²) in [5.74, 6) is 0.305. The minimum absolute atomic E-state index is 0.0195. The molecular weight excluding hydrogens is 426 g/mol. The number of hydrogen-bond acceptors (Lipinski definition) is 5. The third-order valence-corrected chi connectivity index (χ3v) is 7.40. The summed E-state index contributed by atoms with van der Waals surface area (Å²) in [6.07, 6.45) is 5.98. The molecule has 3 aromatic rings. The molecule has 1 saturated heterocycles. The first-order valence-electron chi connectivity index (χ1n) is 10.8. The molecule has 1 fully saturated rings. The summed E-state index contributed by atoms with van der Waals surface area (Å²) in [6, 6.07) is 11.9. The summed E-state index contributed by atoms with van der Waals surface area (Å²) in [5.41, 5.74) is 1.58. The van der Waals surface area contributed by atoms with Gasteiger partial charge < -0.3 is 5.32 Å². The molecule has 0 spiro atoms. The average molecular weight is 454 g/mol. The van der Waals surface area contributed by atoms with Gasteiger partial charge in [-0.05, 0) is 49.1 Å². The second kappa shape index (κ2) is 9.22. The molecule has 0 radical (unpaired) electrons. The van der Waals surface area contributed by atoms with Crippen LogP contribution in [0.2, 0.25) is 0 Å². The van der Waals surface area contributed by atoms with Gasteiger partial charge in [0.15, 0.2) is 5.82 Å². The average Bonchev–Trinajstić information content (AvgIpc) is 3.26. The molecule has 9 heteroatoms. The highest BCUT2D eigenvalue weighted by Gasteiger charge is 2.26. The first-order valence-corrected chi connectivity index (χ1v) is 12.2. The molecule has 1 aromatic carbocycles.